The Labute approximate surface area is 120 Å². The molecule has 21 heavy (non-hydrogen) atoms. The van der Waals surface area contributed by atoms with E-state index in [1.807, 2.05) is 0 Å². The molecule has 2 aromatic rings. The molecular weight excluding hydrogens is 276 g/mol. The molecule has 1 amide bonds. The zero-order valence-electron chi connectivity index (χ0n) is 11.3. The first kappa shape index (κ1) is 14.9. The van der Waals surface area contributed by atoms with E-state index in [1.165, 1.54) is 17.8 Å². The summed E-state index contributed by atoms with van der Waals surface area (Å²) in [4.78, 5) is 22.8. The maximum atomic E-state index is 11.7. The van der Waals surface area contributed by atoms with Crippen molar-refractivity contribution in [3.8, 4) is 0 Å². The number of aliphatic carboxylic acids is 1. The van der Waals surface area contributed by atoms with E-state index in [4.69, 9.17) is 8.83 Å². The van der Waals surface area contributed by atoms with Gasteiger partial charge in [-0.15, -0.1) is 0 Å². The lowest BCUT2D eigenvalue weighted by Gasteiger charge is -2.15. The van der Waals surface area contributed by atoms with E-state index in [0.29, 0.717) is 18.1 Å². The minimum Gasteiger partial charge on any atom is -0.544 e. The molecule has 0 radical (unpaired) electrons. The molecule has 3 N–H and O–H groups in total. The molecule has 0 aliphatic rings. The number of quaternary nitrogens is 1. The highest BCUT2D eigenvalue weighted by Crippen LogP contribution is 1.99. The first-order valence-electron chi connectivity index (χ1n) is 6.51. The quantitative estimate of drug-likeness (QED) is 0.632. The van der Waals surface area contributed by atoms with Gasteiger partial charge in [-0.1, -0.05) is 0 Å². The lowest BCUT2D eigenvalue weighted by atomic mass is 10.2. The molecule has 2 rings (SSSR count). The number of rotatable bonds is 8. The monoisotopic (exact) mass is 292 g/mol. The average molecular weight is 292 g/mol. The molecule has 0 bridgehead atoms. The van der Waals surface area contributed by atoms with Crippen molar-refractivity contribution in [2.45, 2.75) is 25.6 Å². The molecular formula is C14H16N2O5. The number of carbonyl (C=O) groups excluding carboxylic acids is 2. The number of carboxylic acids is 1. The van der Waals surface area contributed by atoms with Gasteiger partial charge in [-0.2, -0.15) is 0 Å². The van der Waals surface area contributed by atoms with Gasteiger partial charge >= 0.3 is 0 Å². The van der Waals surface area contributed by atoms with Crippen LogP contribution in [0.25, 0.3) is 0 Å². The summed E-state index contributed by atoms with van der Waals surface area (Å²) in [5.41, 5.74) is 0. The average Bonchev–Trinajstić information content (AvgIpc) is 3.13. The van der Waals surface area contributed by atoms with Crippen molar-refractivity contribution in [3.05, 3.63) is 48.3 Å². The Morgan fingerprint density at radius 3 is 2.43 bits per heavy atom. The Kier molecular flexibility index (Phi) is 5.16. The third-order valence-corrected chi connectivity index (χ3v) is 2.93. The Morgan fingerprint density at radius 1 is 1.19 bits per heavy atom. The molecule has 2 heterocycles. The fourth-order valence-electron chi connectivity index (χ4n) is 1.82. The van der Waals surface area contributed by atoms with Gasteiger partial charge in [0.15, 0.2) is 5.76 Å². The van der Waals surface area contributed by atoms with E-state index in [9.17, 15) is 14.7 Å². The van der Waals surface area contributed by atoms with Crippen LogP contribution in [-0.2, 0) is 22.7 Å². The molecule has 0 saturated carbocycles. The number of nitrogens with two attached hydrogens (primary N) is 1. The summed E-state index contributed by atoms with van der Waals surface area (Å²) in [6, 6.07) is 5.92. The van der Waals surface area contributed by atoms with E-state index >= 15 is 0 Å². The lowest BCUT2D eigenvalue weighted by Crippen LogP contribution is -2.92. The van der Waals surface area contributed by atoms with Gasteiger partial charge in [0.05, 0.1) is 31.5 Å². The van der Waals surface area contributed by atoms with Gasteiger partial charge in [-0.3, -0.25) is 4.79 Å². The zero-order chi connectivity index (χ0) is 15.1. The number of carbonyl (C=O) groups is 2. The number of nitrogens with one attached hydrogen (secondary N) is 1. The van der Waals surface area contributed by atoms with E-state index in [-0.39, 0.29) is 18.9 Å². The van der Waals surface area contributed by atoms with Crippen molar-refractivity contribution in [2.24, 2.45) is 0 Å². The predicted octanol–water partition coefficient (Wildman–Crippen LogP) is -1.24. The minimum absolute atomic E-state index is 0.177. The van der Waals surface area contributed by atoms with Crippen molar-refractivity contribution in [2.75, 3.05) is 0 Å². The van der Waals surface area contributed by atoms with Gasteiger partial charge in [-0.25, -0.2) is 0 Å². The maximum Gasteiger partial charge on any atom is 0.226 e. The largest absolute Gasteiger partial charge is 0.544 e. The zero-order valence-corrected chi connectivity index (χ0v) is 11.3. The van der Waals surface area contributed by atoms with E-state index in [0.717, 1.165) is 0 Å². The van der Waals surface area contributed by atoms with E-state index in [1.54, 1.807) is 24.3 Å². The van der Waals surface area contributed by atoms with Crippen LogP contribution in [0.5, 0.6) is 0 Å². The first-order valence-corrected chi connectivity index (χ1v) is 6.51. The van der Waals surface area contributed by atoms with E-state index < -0.39 is 12.0 Å². The highest BCUT2D eigenvalue weighted by molar-refractivity contribution is 5.82. The molecule has 0 aliphatic heterocycles. The number of hydrogen-bond donors (Lipinski definition) is 2. The highest BCUT2D eigenvalue weighted by atomic mass is 16.4. The molecule has 112 valence electrons. The molecule has 0 fully saturated rings. The van der Waals surface area contributed by atoms with Gasteiger partial charge in [0.2, 0.25) is 5.91 Å². The molecule has 2 aromatic heterocycles. The fraction of sp³-hybridized carbons (Fsp3) is 0.286. The summed E-state index contributed by atoms with van der Waals surface area (Å²) < 4.78 is 10.2. The van der Waals surface area contributed by atoms with E-state index in [2.05, 4.69) is 5.32 Å². The minimum atomic E-state index is -1.28. The molecule has 1 atom stereocenters. The van der Waals surface area contributed by atoms with Gasteiger partial charge in [0.25, 0.3) is 0 Å². The van der Waals surface area contributed by atoms with Gasteiger partial charge < -0.3 is 29.4 Å². The van der Waals surface area contributed by atoms with Crippen molar-refractivity contribution in [3.63, 3.8) is 0 Å². The number of hydrogen-bond acceptors (Lipinski definition) is 5. The third-order valence-electron chi connectivity index (χ3n) is 2.93. The Morgan fingerprint density at radius 2 is 1.86 bits per heavy atom. The second-order valence-electron chi connectivity index (χ2n) is 4.50. The normalized spacial score (nSPS) is 12.0. The standard InChI is InChI=1S/C14H16N2O5/c17-13(16-9-11-4-2-6-21-11)7-12(14(18)19)15-8-10-3-1-5-20-10/h1-6,12,15H,7-9H2,(H,16,17)(H,18,19)/t12-/m1/s1. The predicted molar refractivity (Wildman–Crippen MR) is 68.3 cm³/mol. The second-order valence-corrected chi connectivity index (χ2v) is 4.50. The number of amides is 1. The van der Waals surface area contributed by atoms with Crippen LogP contribution in [-0.4, -0.2) is 17.9 Å². The van der Waals surface area contributed by atoms with Crippen LogP contribution < -0.4 is 15.7 Å². The van der Waals surface area contributed by atoms with Crippen molar-refractivity contribution < 1.29 is 28.8 Å². The van der Waals surface area contributed by atoms with Crippen molar-refractivity contribution in [1.29, 1.82) is 0 Å². The summed E-state index contributed by atoms with van der Waals surface area (Å²) in [5, 5.41) is 15.2. The summed E-state index contributed by atoms with van der Waals surface area (Å²) in [7, 11) is 0. The van der Waals surface area contributed by atoms with Crippen molar-refractivity contribution >= 4 is 11.9 Å². The molecule has 7 nitrogen and oxygen atoms in total. The lowest BCUT2D eigenvalue weighted by molar-refractivity contribution is -0.699. The van der Waals surface area contributed by atoms with Crippen LogP contribution >= 0.6 is 0 Å². The fourth-order valence-corrected chi connectivity index (χ4v) is 1.82. The Hall–Kier alpha value is -2.54. The summed E-state index contributed by atoms with van der Waals surface area (Å²) in [5.74, 6) is -0.420. The second kappa shape index (κ2) is 7.30. The van der Waals surface area contributed by atoms with Crippen LogP contribution in [0.1, 0.15) is 17.9 Å². The first-order chi connectivity index (χ1) is 10.1. The molecule has 0 spiro atoms. The van der Waals surface area contributed by atoms with Gasteiger partial charge in [0.1, 0.15) is 18.3 Å². The summed E-state index contributed by atoms with van der Waals surface area (Å²) in [6.45, 7) is 0.556. The van der Waals surface area contributed by atoms with Crippen molar-refractivity contribution in [1.82, 2.24) is 5.32 Å². The molecule has 7 heteroatoms. The van der Waals surface area contributed by atoms with Crippen LogP contribution in [0, 0.1) is 0 Å². The molecule has 0 aliphatic carbocycles. The SMILES string of the molecule is O=C(C[C@@H]([NH2+]Cc1ccco1)C(=O)[O-])NCc1ccco1. The molecule has 0 aromatic carbocycles. The Balaban J connectivity index is 1.78. The summed E-state index contributed by atoms with van der Waals surface area (Å²) >= 11 is 0. The van der Waals surface area contributed by atoms with Crippen LogP contribution in [0.3, 0.4) is 0 Å². The molecule has 0 unspecified atom stereocenters. The van der Waals surface area contributed by atoms with Gasteiger partial charge in [0, 0.05) is 0 Å². The molecule has 0 saturated heterocycles. The summed E-state index contributed by atoms with van der Waals surface area (Å²) in [6.07, 6.45) is 2.83. The number of carboxylic acid groups (broad SMARTS) is 1. The topological polar surface area (TPSA) is 112 Å². The third kappa shape index (κ3) is 4.81. The highest BCUT2D eigenvalue weighted by Gasteiger charge is 2.18. The van der Waals surface area contributed by atoms with Crippen LogP contribution in [0.15, 0.2) is 45.6 Å². The van der Waals surface area contributed by atoms with Crippen LogP contribution in [0.4, 0.5) is 0 Å². The Bertz CT molecular complexity index is 562. The number of furan rings is 2. The smallest absolute Gasteiger partial charge is 0.226 e. The van der Waals surface area contributed by atoms with Crippen LogP contribution in [0.2, 0.25) is 0 Å². The maximum absolute atomic E-state index is 11.7. The van der Waals surface area contributed by atoms with Gasteiger partial charge in [-0.05, 0) is 24.3 Å².